The fourth-order valence-electron chi connectivity index (χ4n) is 6.58. The third kappa shape index (κ3) is 9.42. The van der Waals surface area contributed by atoms with Crippen LogP contribution in [-0.4, -0.2) is 55.9 Å². The summed E-state index contributed by atoms with van der Waals surface area (Å²) in [4.78, 5) is 25.0. The van der Waals surface area contributed by atoms with Crippen LogP contribution in [0.25, 0.3) is 11.0 Å². The quantitative estimate of drug-likeness (QED) is 0.0400. The van der Waals surface area contributed by atoms with E-state index in [2.05, 4.69) is 99.2 Å². The maximum Gasteiger partial charge on any atom is 0.300 e. The summed E-state index contributed by atoms with van der Waals surface area (Å²) in [7, 11) is 0. The van der Waals surface area contributed by atoms with Crippen LogP contribution in [0.3, 0.4) is 0 Å². The Labute approximate surface area is 292 Å². The largest absolute Gasteiger partial charge is 0.383 e. The van der Waals surface area contributed by atoms with Crippen LogP contribution < -0.4 is 21.3 Å². The van der Waals surface area contributed by atoms with Crippen molar-refractivity contribution in [3.8, 4) is 0 Å². The SMILES string of the molecule is CC1CCC(Nc2nc(NCCCCCCNc3ccc([N+](=O)[O-])c4nonc34)nc(NCCC(c3ccccc3)c3ccccc3)n2)CC1. The number of rotatable bonds is 18. The molecule has 3 aromatic carbocycles. The van der Waals surface area contributed by atoms with Gasteiger partial charge in [0.25, 0.3) is 0 Å². The van der Waals surface area contributed by atoms with Crippen molar-refractivity contribution in [3.63, 3.8) is 0 Å². The van der Waals surface area contributed by atoms with E-state index in [9.17, 15) is 10.1 Å². The van der Waals surface area contributed by atoms with Crippen molar-refractivity contribution in [1.29, 1.82) is 0 Å². The van der Waals surface area contributed by atoms with Gasteiger partial charge < -0.3 is 21.3 Å². The lowest BCUT2D eigenvalue weighted by Gasteiger charge is -2.27. The number of benzene rings is 3. The molecule has 0 saturated heterocycles. The van der Waals surface area contributed by atoms with Gasteiger partial charge in [0.1, 0.15) is 0 Å². The molecule has 50 heavy (non-hydrogen) atoms. The van der Waals surface area contributed by atoms with Gasteiger partial charge in [0.2, 0.25) is 23.4 Å². The molecule has 0 radical (unpaired) electrons. The van der Waals surface area contributed by atoms with Crippen LogP contribution in [0, 0.1) is 16.0 Å². The highest BCUT2D eigenvalue weighted by molar-refractivity contribution is 5.93. The van der Waals surface area contributed by atoms with Crippen molar-refractivity contribution in [2.45, 2.75) is 76.7 Å². The zero-order valence-electron chi connectivity index (χ0n) is 28.6. The number of hydrogen-bond acceptors (Lipinski definition) is 12. The topological polar surface area (TPSA) is 169 Å². The highest BCUT2D eigenvalue weighted by Gasteiger charge is 2.21. The second-order valence-electron chi connectivity index (χ2n) is 13.1. The Balaban J connectivity index is 1.00. The van der Waals surface area contributed by atoms with Crippen molar-refractivity contribution in [2.75, 3.05) is 40.9 Å². The first-order valence-electron chi connectivity index (χ1n) is 17.8. The smallest absolute Gasteiger partial charge is 0.300 e. The van der Waals surface area contributed by atoms with Crippen LogP contribution >= 0.6 is 0 Å². The first-order chi connectivity index (χ1) is 24.5. The Bertz CT molecular complexity index is 1760. The lowest BCUT2D eigenvalue weighted by Crippen LogP contribution is -2.26. The van der Waals surface area contributed by atoms with Crippen LogP contribution in [0.15, 0.2) is 77.4 Å². The molecule has 13 nitrogen and oxygen atoms in total. The number of aromatic nitrogens is 5. The number of non-ortho nitro benzene ring substituents is 1. The van der Waals surface area contributed by atoms with Gasteiger partial charge in [-0.3, -0.25) is 10.1 Å². The predicted molar refractivity (Wildman–Crippen MR) is 197 cm³/mol. The standard InChI is InChI=1S/C37H46N10O3/c1-26-16-18-29(19-17-26)41-37-43-35(39-24-11-3-2-10-23-38-31-20-21-32(47(48)49)34-33(31)45-50-46-34)42-36(44-37)40-25-22-30(27-12-6-4-7-13-27)28-14-8-5-9-15-28/h4-9,12-15,20-21,26,29-30,38H,2-3,10-11,16-19,22-25H2,1H3,(H3,39,40,41,42,43,44). The van der Waals surface area contributed by atoms with E-state index in [0.717, 1.165) is 57.4 Å². The van der Waals surface area contributed by atoms with Gasteiger partial charge in [0, 0.05) is 37.7 Å². The molecule has 0 unspecified atom stereocenters. The third-order valence-corrected chi connectivity index (χ3v) is 9.40. The number of unbranched alkanes of at least 4 members (excludes halogenated alkanes) is 3. The van der Waals surface area contributed by atoms with Gasteiger partial charge in [-0.25, -0.2) is 4.63 Å². The number of nitrogens with one attached hydrogen (secondary N) is 4. The normalized spacial score (nSPS) is 16.0. The molecule has 2 heterocycles. The minimum atomic E-state index is -0.485. The molecule has 5 aromatic rings. The van der Waals surface area contributed by atoms with E-state index in [-0.39, 0.29) is 17.1 Å². The average Bonchev–Trinajstić information content (AvgIpc) is 3.63. The Kier molecular flexibility index (Phi) is 12.0. The van der Waals surface area contributed by atoms with Crippen molar-refractivity contribution < 1.29 is 9.55 Å². The monoisotopic (exact) mass is 678 g/mol. The van der Waals surface area contributed by atoms with Crippen LogP contribution in [0.1, 0.15) is 81.8 Å². The Morgan fingerprint density at radius 2 is 1.30 bits per heavy atom. The number of nitro benzene ring substituents is 1. The van der Waals surface area contributed by atoms with Gasteiger partial charge in [-0.2, -0.15) is 15.0 Å². The van der Waals surface area contributed by atoms with E-state index < -0.39 is 4.92 Å². The van der Waals surface area contributed by atoms with Crippen LogP contribution in [0.4, 0.5) is 29.2 Å². The molecule has 262 valence electrons. The number of hydrogen-bond donors (Lipinski definition) is 4. The predicted octanol–water partition coefficient (Wildman–Crippen LogP) is 8.03. The van der Waals surface area contributed by atoms with Crippen LogP contribution in [-0.2, 0) is 0 Å². The maximum absolute atomic E-state index is 11.2. The van der Waals surface area contributed by atoms with E-state index in [1.54, 1.807) is 6.07 Å². The number of anilines is 4. The lowest BCUT2D eigenvalue weighted by molar-refractivity contribution is -0.383. The summed E-state index contributed by atoms with van der Waals surface area (Å²) < 4.78 is 4.75. The molecule has 4 N–H and O–H groups in total. The van der Waals surface area contributed by atoms with Gasteiger partial charge in [-0.15, -0.1) is 0 Å². The van der Waals surface area contributed by atoms with Gasteiger partial charge in [0.15, 0.2) is 5.52 Å². The first kappa shape index (κ1) is 34.5. The van der Waals surface area contributed by atoms with E-state index in [1.807, 2.05) is 0 Å². The molecule has 1 aliphatic carbocycles. The molecule has 1 aliphatic rings. The van der Waals surface area contributed by atoms with E-state index >= 15 is 0 Å². The molecular formula is C37H46N10O3. The lowest BCUT2D eigenvalue weighted by atomic mass is 9.87. The molecule has 2 aromatic heterocycles. The Hall–Kier alpha value is -5.33. The summed E-state index contributed by atoms with van der Waals surface area (Å²) in [5, 5.41) is 32.6. The highest BCUT2D eigenvalue weighted by atomic mass is 16.6. The number of nitrogens with zero attached hydrogens (tertiary/aromatic N) is 6. The van der Waals surface area contributed by atoms with Crippen LogP contribution in [0.2, 0.25) is 0 Å². The van der Waals surface area contributed by atoms with Crippen molar-refractivity contribution in [2.24, 2.45) is 5.92 Å². The summed E-state index contributed by atoms with van der Waals surface area (Å²) >= 11 is 0. The zero-order valence-corrected chi connectivity index (χ0v) is 28.6. The van der Waals surface area contributed by atoms with E-state index in [1.165, 1.54) is 30.0 Å². The van der Waals surface area contributed by atoms with Gasteiger partial charge in [-0.05, 0) is 78.4 Å². The number of fused-ring (bicyclic) bond motifs is 1. The Morgan fingerprint density at radius 3 is 1.94 bits per heavy atom. The third-order valence-electron chi connectivity index (χ3n) is 9.40. The van der Waals surface area contributed by atoms with Gasteiger partial charge in [0.05, 0.1) is 10.6 Å². The summed E-state index contributed by atoms with van der Waals surface area (Å²) in [5.74, 6) is 2.78. The van der Waals surface area contributed by atoms with Gasteiger partial charge >= 0.3 is 5.69 Å². The van der Waals surface area contributed by atoms with Gasteiger partial charge in [-0.1, -0.05) is 80.4 Å². The maximum atomic E-state index is 11.2. The van der Waals surface area contributed by atoms with Crippen molar-refractivity contribution in [3.05, 3.63) is 94.0 Å². The summed E-state index contributed by atoms with van der Waals surface area (Å²) in [6, 6.07) is 24.7. The molecule has 1 saturated carbocycles. The van der Waals surface area contributed by atoms with Crippen molar-refractivity contribution >= 4 is 40.3 Å². The molecule has 0 spiro atoms. The molecule has 0 atom stereocenters. The van der Waals surface area contributed by atoms with Crippen LogP contribution in [0.5, 0.6) is 0 Å². The zero-order chi connectivity index (χ0) is 34.5. The fraction of sp³-hybridized carbons (Fsp3) is 0.432. The fourth-order valence-corrected chi connectivity index (χ4v) is 6.58. The highest BCUT2D eigenvalue weighted by Crippen LogP contribution is 2.30. The molecule has 0 amide bonds. The second-order valence-corrected chi connectivity index (χ2v) is 13.1. The van der Waals surface area contributed by atoms with E-state index in [4.69, 9.17) is 19.6 Å². The van der Waals surface area contributed by atoms with Crippen molar-refractivity contribution in [1.82, 2.24) is 25.3 Å². The Morgan fingerprint density at radius 1 is 0.720 bits per heavy atom. The summed E-state index contributed by atoms with van der Waals surface area (Å²) in [5.41, 5.74) is 3.66. The molecule has 1 fully saturated rings. The average molecular weight is 679 g/mol. The molecule has 0 bridgehead atoms. The molecule has 13 heteroatoms. The summed E-state index contributed by atoms with van der Waals surface area (Å²) in [6.07, 6.45) is 9.50. The molecule has 0 aliphatic heterocycles. The minimum Gasteiger partial charge on any atom is -0.383 e. The second kappa shape index (κ2) is 17.4. The number of nitro groups is 1. The molecular weight excluding hydrogens is 632 g/mol. The summed E-state index contributed by atoms with van der Waals surface area (Å²) in [6.45, 7) is 4.49. The van der Waals surface area contributed by atoms with E-state index in [0.29, 0.717) is 48.2 Å². The molecule has 6 rings (SSSR count). The first-order valence-corrected chi connectivity index (χ1v) is 17.8. The minimum absolute atomic E-state index is 0.119.